The fraction of sp³-hybridized carbons (Fsp3) is 0.357. The van der Waals surface area contributed by atoms with E-state index in [1.807, 2.05) is 6.92 Å². The van der Waals surface area contributed by atoms with E-state index in [1.54, 1.807) is 35.3 Å². The van der Waals surface area contributed by atoms with Crippen LogP contribution in [0.3, 0.4) is 0 Å². The molecule has 1 N–H and O–H groups in total. The minimum Gasteiger partial charge on any atom is -0.493 e. The molecule has 0 spiro atoms. The van der Waals surface area contributed by atoms with Crippen molar-refractivity contribution >= 4 is 17.5 Å². The SMILES string of the molecule is CC(Cn1cncn1)NC(=O)CCOc1cccc(Cl)c1. The van der Waals surface area contributed by atoms with E-state index in [0.29, 0.717) is 23.9 Å². The van der Waals surface area contributed by atoms with Crippen molar-refractivity contribution in [3.63, 3.8) is 0 Å². The summed E-state index contributed by atoms with van der Waals surface area (Å²) in [4.78, 5) is 15.6. The molecule has 7 heteroatoms. The lowest BCUT2D eigenvalue weighted by atomic mass is 10.3. The average molecular weight is 309 g/mol. The Labute approximate surface area is 128 Å². The summed E-state index contributed by atoms with van der Waals surface area (Å²) in [6.45, 7) is 2.81. The van der Waals surface area contributed by atoms with E-state index < -0.39 is 0 Å². The molecule has 1 atom stereocenters. The van der Waals surface area contributed by atoms with Gasteiger partial charge in [0.05, 0.1) is 19.6 Å². The maximum atomic E-state index is 11.8. The second-order valence-electron chi connectivity index (χ2n) is 4.64. The Balaban J connectivity index is 1.67. The smallest absolute Gasteiger partial charge is 0.223 e. The van der Waals surface area contributed by atoms with Gasteiger partial charge in [-0.1, -0.05) is 17.7 Å². The standard InChI is InChI=1S/C14H17ClN4O2/c1-11(8-19-10-16-9-17-19)18-14(20)5-6-21-13-4-2-3-12(15)7-13/h2-4,7,9-11H,5-6,8H2,1H3,(H,18,20). The highest BCUT2D eigenvalue weighted by Crippen LogP contribution is 2.17. The third kappa shape index (κ3) is 5.43. The molecular weight excluding hydrogens is 292 g/mol. The van der Waals surface area contributed by atoms with Gasteiger partial charge in [-0.25, -0.2) is 4.98 Å². The first-order valence-corrected chi connectivity index (χ1v) is 7.01. The van der Waals surface area contributed by atoms with Crippen molar-refractivity contribution in [2.75, 3.05) is 6.61 Å². The van der Waals surface area contributed by atoms with Crippen molar-refractivity contribution < 1.29 is 9.53 Å². The molecule has 6 nitrogen and oxygen atoms in total. The zero-order chi connectivity index (χ0) is 15.1. The Hall–Kier alpha value is -2.08. The quantitative estimate of drug-likeness (QED) is 0.848. The van der Waals surface area contributed by atoms with Crippen molar-refractivity contribution in [3.8, 4) is 5.75 Å². The summed E-state index contributed by atoms with van der Waals surface area (Å²) in [6.07, 6.45) is 3.37. The minimum atomic E-state index is -0.0651. The van der Waals surface area contributed by atoms with E-state index in [0.717, 1.165) is 0 Å². The molecule has 1 aromatic heterocycles. The van der Waals surface area contributed by atoms with Gasteiger partial charge in [-0.3, -0.25) is 9.48 Å². The third-order valence-corrected chi connectivity index (χ3v) is 2.96. The summed E-state index contributed by atoms with van der Waals surface area (Å²) < 4.78 is 7.15. The van der Waals surface area contributed by atoms with E-state index in [2.05, 4.69) is 15.4 Å². The van der Waals surface area contributed by atoms with Gasteiger partial charge in [0.1, 0.15) is 18.4 Å². The second kappa shape index (κ2) is 7.64. The Morgan fingerprint density at radius 2 is 2.38 bits per heavy atom. The average Bonchev–Trinajstić information content (AvgIpc) is 2.91. The van der Waals surface area contributed by atoms with Crippen molar-refractivity contribution in [2.45, 2.75) is 25.9 Å². The summed E-state index contributed by atoms with van der Waals surface area (Å²) in [6, 6.07) is 7.07. The van der Waals surface area contributed by atoms with Gasteiger partial charge in [-0.05, 0) is 25.1 Å². The number of hydrogen-bond donors (Lipinski definition) is 1. The van der Waals surface area contributed by atoms with Gasteiger partial charge in [-0.15, -0.1) is 0 Å². The van der Waals surface area contributed by atoms with Crippen molar-refractivity contribution in [1.82, 2.24) is 20.1 Å². The Kier molecular flexibility index (Phi) is 5.57. The summed E-state index contributed by atoms with van der Waals surface area (Å²) in [5.74, 6) is 0.593. The van der Waals surface area contributed by atoms with Crippen molar-refractivity contribution in [3.05, 3.63) is 41.9 Å². The van der Waals surface area contributed by atoms with Gasteiger partial charge >= 0.3 is 0 Å². The summed E-state index contributed by atoms with van der Waals surface area (Å²) >= 11 is 5.85. The number of nitrogens with zero attached hydrogens (tertiary/aromatic N) is 3. The zero-order valence-corrected chi connectivity index (χ0v) is 12.5. The number of aromatic nitrogens is 3. The lowest BCUT2D eigenvalue weighted by Gasteiger charge is -2.13. The highest BCUT2D eigenvalue weighted by atomic mass is 35.5. The molecule has 21 heavy (non-hydrogen) atoms. The molecule has 1 unspecified atom stereocenters. The van der Waals surface area contributed by atoms with Crippen LogP contribution in [-0.4, -0.2) is 33.3 Å². The van der Waals surface area contributed by atoms with Crippen LogP contribution in [0, 0.1) is 0 Å². The minimum absolute atomic E-state index is 0.0228. The molecule has 112 valence electrons. The highest BCUT2D eigenvalue weighted by Gasteiger charge is 2.08. The van der Waals surface area contributed by atoms with Gasteiger partial charge in [0, 0.05) is 11.1 Å². The van der Waals surface area contributed by atoms with Crippen LogP contribution < -0.4 is 10.1 Å². The third-order valence-electron chi connectivity index (χ3n) is 2.73. The summed E-state index contributed by atoms with van der Waals surface area (Å²) in [7, 11) is 0. The van der Waals surface area contributed by atoms with E-state index >= 15 is 0 Å². The first-order valence-electron chi connectivity index (χ1n) is 6.63. The molecule has 0 saturated heterocycles. The molecule has 0 aliphatic carbocycles. The highest BCUT2D eigenvalue weighted by molar-refractivity contribution is 6.30. The molecule has 0 saturated carbocycles. The molecule has 0 bridgehead atoms. The lowest BCUT2D eigenvalue weighted by Crippen LogP contribution is -2.36. The fourth-order valence-corrected chi connectivity index (χ4v) is 2.00. The van der Waals surface area contributed by atoms with Gasteiger partial charge in [0.25, 0.3) is 0 Å². The fourth-order valence-electron chi connectivity index (χ4n) is 1.82. The lowest BCUT2D eigenvalue weighted by molar-refractivity contribution is -0.122. The van der Waals surface area contributed by atoms with Crippen LogP contribution in [0.5, 0.6) is 5.75 Å². The van der Waals surface area contributed by atoms with Gasteiger partial charge in [-0.2, -0.15) is 5.10 Å². The summed E-state index contributed by atoms with van der Waals surface area (Å²) in [5.41, 5.74) is 0. The first kappa shape index (κ1) is 15.3. The molecule has 0 fully saturated rings. The molecule has 0 aliphatic rings. The van der Waals surface area contributed by atoms with Crippen LogP contribution in [0.1, 0.15) is 13.3 Å². The number of nitrogens with one attached hydrogen (secondary N) is 1. The number of carbonyl (C=O) groups is 1. The second-order valence-corrected chi connectivity index (χ2v) is 5.08. The normalized spacial score (nSPS) is 11.9. The van der Waals surface area contributed by atoms with Gasteiger partial charge in [0.15, 0.2) is 0 Å². The number of halogens is 1. The zero-order valence-electron chi connectivity index (χ0n) is 11.7. The number of rotatable bonds is 7. The van der Waals surface area contributed by atoms with Crippen LogP contribution in [0.15, 0.2) is 36.9 Å². The predicted octanol–water partition coefficient (Wildman–Crippen LogP) is 1.91. The van der Waals surface area contributed by atoms with Crippen LogP contribution in [0.25, 0.3) is 0 Å². The topological polar surface area (TPSA) is 69.0 Å². The van der Waals surface area contributed by atoms with Gasteiger partial charge < -0.3 is 10.1 Å². The molecule has 1 amide bonds. The number of hydrogen-bond acceptors (Lipinski definition) is 4. The van der Waals surface area contributed by atoms with Crippen LogP contribution in [0.4, 0.5) is 0 Å². The van der Waals surface area contributed by atoms with Gasteiger partial charge in [0.2, 0.25) is 5.91 Å². The van der Waals surface area contributed by atoms with E-state index in [9.17, 15) is 4.79 Å². The maximum absolute atomic E-state index is 11.8. The van der Waals surface area contributed by atoms with Crippen molar-refractivity contribution in [1.29, 1.82) is 0 Å². The van der Waals surface area contributed by atoms with Crippen LogP contribution >= 0.6 is 11.6 Å². The molecular formula is C14H17ClN4O2. The molecule has 1 heterocycles. The molecule has 0 aliphatic heterocycles. The molecule has 1 aromatic carbocycles. The van der Waals surface area contributed by atoms with E-state index in [-0.39, 0.29) is 18.4 Å². The molecule has 0 radical (unpaired) electrons. The predicted molar refractivity (Wildman–Crippen MR) is 79.2 cm³/mol. The Morgan fingerprint density at radius 1 is 1.52 bits per heavy atom. The molecule has 2 rings (SSSR count). The maximum Gasteiger partial charge on any atom is 0.223 e. The van der Waals surface area contributed by atoms with Crippen LogP contribution in [0.2, 0.25) is 5.02 Å². The van der Waals surface area contributed by atoms with E-state index in [1.165, 1.54) is 6.33 Å². The summed E-state index contributed by atoms with van der Waals surface area (Å²) in [5, 5.41) is 7.48. The number of ether oxygens (including phenoxy) is 1. The first-order chi connectivity index (χ1) is 10.1. The largest absolute Gasteiger partial charge is 0.493 e. The monoisotopic (exact) mass is 308 g/mol. The Bertz CT molecular complexity index is 574. The number of benzene rings is 1. The van der Waals surface area contributed by atoms with Crippen molar-refractivity contribution in [2.24, 2.45) is 0 Å². The number of amides is 1. The van der Waals surface area contributed by atoms with Crippen LogP contribution in [-0.2, 0) is 11.3 Å². The molecule has 2 aromatic rings. The Morgan fingerprint density at radius 3 is 3.10 bits per heavy atom. The number of carbonyl (C=O) groups excluding carboxylic acids is 1. The van der Waals surface area contributed by atoms with E-state index in [4.69, 9.17) is 16.3 Å².